The predicted molar refractivity (Wildman–Crippen MR) is 147 cm³/mol. The molecule has 0 radical (unpaired) electrons. The predicted octanol–water partition coefficient (Wildman–Crippen LogP) is 6.72. The quantitative estimate of drug-likeness (QED) is 0.203. The molecule has 5 aromatic rings. The Labute approximate surface area is 236 Å². The van der Waals surface area contributed by atoms with Crippen LogP contribution in [0.1, 0.15) is 11.3 Å². The zero-order valence-electron chi connectivity index (χ0n) is 21.1. The molecule has 14 heteroatoms. The standard InChI is InChI=1S/C27H20ClF3N8O2/c1-15-8-9-36-39(15)23-10-17(27(29,30)31)4-7-22(23)38-25(40)37-19-13-34-26(35-14-19)41-20-5-2-16(3-6-20)21-11-18(28)12-33-24(21)32/h2-14H,1H3,(H2,32,33)(H2,37,38,40). The van der Waals surface area contributed by atoms with Gasteiger partial charge in [0.05, 0.1) is 40.0 Å². The molecule has 0 saturated carbocycles. The fraction of sp³-hybridized carbons (Fsp3) is 0.0741. The first-order valence-electron chi connectivity index (χ1n) is 11.9. The summed E-state index contributed by atoms with van der Waals surface area (Å²) in [7, 11) is 0. The average molecular weight is 581 g/mol. The number of nitrogens with two attached hydrogens (primary N) is 1. The minimum absolute atomic E-state index is 0.0202. The summed E-state index contributed by atoms with van der Waals surface area (Å²) in [6.07, 6.45) is 0.980. The van der Waals surface area contributed by atoms with Crippen LogP contribution in [0, 0.1) is 6.92 Å². The molecule has 0 aliphatic heterocycles. The monoisotopic (exact) mass is 580 g/mol. The Balaban J connectivity index is 1.25. The van der Waals surface area contributed by atoms with Crippen molar-refractivity contribution in [2.75, 3.05) is 16.4 Å². The van der Waals surface area contributed by atoms with Crippen LogP contribution in [-0.4, -0.2) is 30.8 Å². The molecule has 208 valence electrons. The van der Waals surface area contributed by atoms with E-state index in [2.05, 4.69) is 30.7 Å². The van der Waals surface area contributed by atoms with Crippen LogP contribution >= 0.6 is 11.6 Å². The fourth-order valence-corrected chi connectivity index (χ4v) is 3.98. The summed E-state index contributed by atoms with van der Waals surface area (Å²) >= 11 is 6.01. The molecule has 0 saturated heterocycles. The van der Waals surface area contributed by atoms with Gasteiger partial charge in [-0.2, -0.15) is 18.3 Å². The van der Waals surface area contributed by atoms with Crippen molar-refractivity contribution in [2.45, 2.75) is 13.1 Å². The normalized spacial score (nSPS) is 11.2. The van der Waals surface area contributed by atoms with Crippen molar-refractivity contribution in [3.8, 4) is 28.6 Å². The van der Waals surface area contributed by atoms with Gasteiger partial charge in [0, 0.05) is 23.7 Å². The van der Waals surface area contributed by atoms with Gasteiger partial charge in [0.1, 0.15) is 11.6 Å². The van der Waals surface area contributed by atoms with Crippen molar-refractivity contribution in [1.29, 1.82) is 0 Å². The minimum Gasteiger partial charge on any atom is -0.424 e. The number of nitrogen functional groups attached to an aromatic ring is 1. The molecule has 0 atom stereocenters. The summed E-state index contributed by atoms with van der Waals surface area (Å²) < 4.78 is 46.9. The van der Waals surface area contributed by atoms with Gasteiger partial charge in [-0.15, -0.1) is 0 Å². The molecule has 41 heavy (non-hydrogen) atoms. The molecule has 0 aliphatic carbocycles. The molecule has 3 aromatic heterocycles. The van der Waals surface area contributed by atoms with E-state index < -0.39 is 17.8 Å². The van der Waals surface area contributed by atoms with Crippen LogP contribution in [0.4, 0.5) is 35.2 Å². The summed E-state index contributed by atoms with van der Waals surface area (Å²) in [6.45, 7) is 1.68. The molecule has 2 aromatic carbocycles. The first-order valence-corrected chi connectivity index (χ1v) is 12.3. The van der Waals surface area contributed by atoms with Crippen molar-refractivity contribution in [2.24, 2.45) is 0 Å². The summed E-state index contributed by atoms with van der Waals surface area (Å²) in [5, 5.41) is 9.60. The smallest absolute Gasteiger partial charge is 0.416 e. The highest BCUT2D eigenvalue weighted by Crippen LogP contribution is 2.34. The van der Waals surface area contributed by atoms with Crippen molar-refractivity contribution in [3.05, 3.63) is 95.7 Å². The molecule has 5 rings (SSSR count). The fourth-order valence-electron chi connectivity index (χ4n) is 3.82. The van der Waals surface area contributed by atoms with E-state index in [1.165, 1.54) is 29.5 Å². The number of urea groups is 1. The minimum atomic E-state index is -4.57. The van der Waals surface area contributed by atoms with E-state index >= 15 is 0 Å². The van der Waals surface area contributed by atoms with Crippen molar-refractivity contribution in [3.63, 3.8) is 0 Å². The topological polar surface area (TPSA) is 133 Å². The number of aromatic nitrogens is 5. The van der Waals surface area contributed by atoms with Crippen molar-refractivity contribution in [1.82, 2.24) is 24.7 Å². The van der Waals surface area contributed by atoms with Crippen LogP contribution < -0.4 is 21.1 Å². The highest BCUT2D eigenvalue weighted by molar-refractivity contribution is 6.30. The van der Waals surface area contributed by atoms with Gasteiger partial charge in [0.15, 0.2) is 0 Å². The highest BCUT2D eigenvalue weighted by Gasteiger charge is 2.31. The van der Waals surface area contributed by atoms with Crippen LogP contribution in [0.25, 0.3) is 16.8 Å². The molecular weight excluding hydrogens is 561 g/mol. The van der Waals surface area contributed by atoms with Gasteiger partial charge in [0.25, 0.3) is 0 Å². The number of rotatable bonds is 6. The highest BCUT2D eigenvalue weighted by atomic mass is 35.5. The lowest BCUT2D eigenvalue weighted by Gasteiger charge is -2.16. The summed E-state index contributed by atoms with van der Waals surface area (Å²) in [4.78, 5) is 24.9. The van der Waals surface area contributed by atoms with Gasteiger partial charge >= 0.3 is 18.2 Å². The number of carbonyl (C=O) groups is 1. The Bertz CT molecular complexity index is 1710. The summed E-state index contributed by atoms with van der Waals surface area (Å²) in [5.74, 6) is 0.786. The Morgan fingerprint density at radius 3 is 2.37 bits per heavy atom. The average Bonchev–Trinajstić information content (AvgIpc) is 3.37. The number of pyridine rings is 1. The van der Waals surface area contributed by atoms with Crippen LogP contribution in [0.15, 0.2) is 79.4 Å². The van der Waals surface area contributed by atoms with Crippen molar-refractivity contribution < 1.29 is 22.7 Å². The Morgan fingerprint density at radius 1 is 0.976 bits per heavy atom. The molecule has 0 unspecified atom stereocenters. The number of nitrogens with one attached hydrogen (secondary N) is 2. The summed E-state index contributed by atoms with van der Waals surface area (Å²) in [5.41, 5.74) is 7.49. The molecule has 4 N–H and O–H groups in total. The van der Waals surface area contributed by atoms with Gasteiger partial charge in [-0.1, -0.05) is 23.7 Å². The maximum Gasteiger partial charge on any atom is 0.416 e. The summed E-state index contributed by atoms with van der Waals surface area (Å²) in [6, 6.07) is 12.5. The SMILES string of the molecule is Cc1ccnn1-c1cc(C(F)(F)F)ccc1NC(=O)Nc1cnc(Oc2ccc(-c3cc(Cl)cnc3N)cc2)nc1. The van der Waals surface area contributed by atoms with Crippen LogP contribution in [0.5, 0.6) is 11.8 Å². The van der Waals surface area contributed by atoms with Gasteiger partial charge < -0.3 is 21.1 Å². The van der Waals surface area contributed by atoms with E-state index in [0.29, 0.717) is 27.8 Å². The molecule has 0 aliphatic rings. The number of halogens is 4. The van der Waals surface area contributed by atoms with E-state index in [9.17, 15) is 18.0 Å². The third-order valence-electron chi connectivity index (χ3n) is 5.78. The van der Waals surface area contributed by atoms with Gasteiger partial charge in [-0.25, -0.2) is 24.4 Å². The lowest BCUT2D eigenvalue weighted by atomic mass is 10.1. The number of anilines is 3. The number of hydrogen-bond acceptors (Lipinski definition) is 7. The third kappa shape index (κ3) is 6.36. The zero-order chi connectivity index (χ0) is 29.1. The second kappa shape index (κ2) is 11.1. The molecule has 3 heterocycles. The van der Waals surface area contributed by atoms with Crippen LogP contribution in [-0.2, 0) is 6.18 Å². The zero-order valence-corrected chi connectivity index (χ0v) is 21.9. The Hall–Kier alpha value is -5.17. The van der Waals surface area contributed by atoms with E-state index in [0.717, 1.165) is 23.8 Å². The maximum atomic E-state index is 13.3. The third-order valence-corrected chi connectivity index (χ3v) is 5.99. The first-order chi connectivity index (χ1) is 19.6. The van der Waals surface area contributed by atoms with E-state index in [1.54, 1.807) is 43.3 Å². The number of aryl methyl sites for hydroxylation is 1. The van der Waals surface area contributed by atoms with Crippen LogP contribution in [0.3, 0.4) is 0 Å². The molecule has 0 spiro atoms. The second-order valence-electron chi connectivity index (χ2n) is 8.66. The lowest BCUT2D eigenvalue weighted by molar-refractivity contribution is -0.137. The van der Waals surface area contributed by atoms with E-state index in [4.69, 9.17) is 22.1 Å². The molecule has 0 fully saturated rings. The number of nitrogens with zero attached hydrogens (tertiary/aromatic N) is 5. The maximum absolute atomic E-state index is 13.3. The Kier molecular flexibility index (Phi) is 7.44. The Morgan fingerprint density at radius 2 is 1.71 bits per heavy atom. The number of ether oxygens (including phenoxy) is 1. The van der Waals surface area contributed by atoms with Crippen LogP contribution in [0.2, 0.25) is 5.02 Å². The largest absolute Gasteiger partial charge is 0.424 e. The number of carbonyl (C=O) groups excluding carboxylic acids is 1. The second-order valence-corrected chi connectivity index (χ2v) is 9.10. The number of amides is 2. The van der Waals surface area contributed by atoms with E-state index in [1.807, 2.05) is 0 Å². The van der Waals surface area contributed by atoms with Gasteiger partial charge in [-0.05, 0) is 55.0 Å². The van der Waals surface area contributed by atoms with Crippen molar-refractivity contribution >= 4 is 34.8 Å². The lowest BCUT2D eigenvalue weighted by Crippen LogP contribution is -2.21. The first kappa shape index (κ1) is 27.4. The molecule has 2 amide bonds. The number of benzene rings is 2. The van der Waals surface area contributed by atoms with Gasteiger partial charge in [-0.3, -0.25) is 0 Å². The van der Waals surface area contributed by atoms with E-state index in [-0.39, 0.29) is 23.1 Å². The number of alkyl halides is 3. The van der Waals surface area contributed by atoms with Gasteiger partial charge in [0.2, 0.25) is 0 Å². The molecule has 0 bridgehead atoms. The number of hydrogen-bond donors (Lipinski definition) is 3. The molecular formula is C27H20ClF3N8O2. The molecule has 10 nitrogen and oxygen atoms in total.